The Morgan fingerprint density at radius 1 is 1.23 bits per heavy atom. The Morgan fingerprint density at radius 2 is 1.97 bits per heavy atom. The first kappa shape index (κ1) is 20.7. The normalized spacial score (nSPS) is 17.7. The molecule has 2 atom stereocenters. The first-order valence-corrected chi connectivity index (χ1v) is 9.57. The maximum Gasteiger partial charge on any atom is 0.449 e. The van der Waals surface area contributed by atoms with Gasteiger partial charge in [0.15, 0.2) is 0 Å². The van der Waals surface area contributed by atoms with Gasteiger partial charge in [-0.05, 0) is 24.3 Å². The fourth-order valence-electron chi connectivity index (χ4n) is 3.33. The summed E-state index contributed by atoms with van der Waals surface area (Å²) in [7, 11) is 2.98. The molecule has 0 aromatic carbocycles. The Bertz CT molecular complexity index is 1240. The highest BCUT2D eigenvalue weighted by atomic mass is 19.4. The molecule has 7 nitrogen and oxygen atoms in total. The van der Waals surface area contributed by atoms with Crippen LogP contribution in [-0.2, 0) is 18.0 Å². The summed E-state index contributed by atoms with van der Waals surface area (Å²) < 4.78 is 39.8. The zero-order chi connectivity index (χ0) is 22.3. The summed E-state index contributed by atoms with van der Waals surface area (Å²) in [6.07, 6.45) is 0.609. The van der Waals surface area contributed by atoms with E-state index in [9.17, 15) is 18.0 Å². The average Bonchev–Trinajstić information content (AvgIpc) is 3.32. The van der Waals surface area contributed by atoms with Crippen molar-refractivity contribution in [2.75, 3.05) is 17.7 Å². The molecule has 1 saturated carbocycles. The van der Waals surface area contributed by atoms with Gasteiger partial charge in [0, 0.05) is 49.4 Å². The molecule has 1 fully saturated rings. The number of carbonyl (C=O) groups is 1. The van der Waals surface area contributed by atoms with Crippen LogP contribution in [0.4, 0.5) is 24.8 Å². The molecule has 3 aromatic heterocycles. The van der Waals surface area contributed by atoms with E-state index >= 15 is 0 Å². The molecule has 0 radical (unpaired) electrons. The van der Waals surface area contributed by atoms with Gasteiger partial charge in [-0.25, -0.2) is 15.0 Å². The minimum Gasteiger partial charge on any atom is -0.373 e. The second-order valence-electron chi connectivity index (χ2n) is 7.50. The quantitative estimate of drug-likeness (QED) is 0.625. The van der Waals surface area contributed by atoms with Crippen molar-refractivity contribution in [1.82, 2.24) is 19.5 Å². The van der Waals surface area contributed by atoms with Crippen molar-refractivity contribution in [3.05, 3.63) is 41.7 Å². The van der Waals surface area contributed by atoms with E-state index in [0.29, 0.717) is 33.9 Å². The molecule has 1 aliphatic rings. The van der Waals surface area contributed by atoms with E-state index < -0.39 is 12.0 Å². The van der Waals surface area contributed by atoms with E-state index in [1.807, 2.05) is 6.92 Å². The molecule has 3 heterocycles. The van der Waals surface area contributed by atoms with Crippen LogP contribution in [0.3, 0.4) is 0 Å². The van der Waals surface area contributed by atoms with Crippen molar-refractivity contribution in [3.8, 4) is 11.8 Å². The Kier molecular flexibility index (Phi) is 5.05. The van der Waals surface area contributed by atoms with Crippen LogP contribution in [0.25, 0.3) is 10.8 Å². The monoisotopic (exact) mass is 428 g/mol. The maximum atomic E-state index is 13.0. The lowest BCUT2D eigenvalue weighted by atomic mass is 10.1. The second kappa shape index (κ2) is 7.58. The zero-order valence-corrected chi connectivity index (χ0v) is 17.0. The number of nitrogens with one attached hydrogen (secondary N) is 2. The number of amides is 1. The molecule has 0 unspecified atom stereocenters. The van der Waals surface area contributed by atoms with Gasteiger partial charge >= 0.3 is 6.18 Å². The van der Waals surface area contributed by atoms with Gasteiger partial charge < -0.3 is 15.2 Å². The molecule has 0 aliphatic heterocycles. The van der Waals surface area contributed by atoms with E-state index in [4.69, 9.17) is 0 Å². The van der Waals surface area contributed by atoms with Crippen LogP contribution in [0, 0.1) is 23.7 Å². The lowest BCUT2D eigenvalue weighted by molar-refractivity contribution is -0.146. The van der Waals surface area contributed by atoms with Crippen molar-refractivity contribution >= 4 is 28.3 Å². The van der Waals surface area contributed by atoms with Gasteiger partial charge in [0.25, 0.3) is 0 Å². The van der Waals surface area contributed by atoms with Crippen LogP contribution in [0.1, 0.15) is 30.4 Å². The first-order chi connectivity index (χ1) is 14.7. The fourth-order valence-corrected chi connectivity index (χ4v) is 3.33. The number of anilines is 2. The van der Waals surface area contributed by atoms with E-state index in [2.05, 4.69) is 37.4 Å². The molecule has 0 bridgehead atoms. The predicted octanol–water partition coefficient (Wildman–Crippen LogP) is 3.42. The third kappa shape index (κ3) is 4.17. The van der Waals surface area contributed by atoms with Gasteiger partial charge in [0.2, 0.25) is 11.7 Å². The standard InChI is InChI=1S/C21H19F3N6O/c1-11-6-14(11)19(31)29-17-7-15-12(8-27-18(25-2)16(15)9-26-17)4-5-13-10-30(3)20(28-13)21(22,23)24/h7-11,14H,6H2,1-3H3,(H,25,27)(H,26,29,31)/t11-,14+/m1/s1. The number of fused-ring (bicyclic) bond motifs is 1. The minimum absolute atomic E-state index is 0.00551. The molecule has 0 saturated heterocycles. The first-order valence-electron chi connectivity index (χ1n) is 9.57. The van der Waals surface area contributed by atoms with Crippen molar-refractivity contribution < 1.29 is 18.0 Å². The summed E-state index contributed by atoms with van der Waals surface area (Å²) in [5.41, 5.74) is 0.469. The number of hydrogen-bond acceptors (Lipinski definition) is 5. The molecule has 2 N–H and O–H groups in total. The molecule has 160 valence electrons. The Morgan fingerprint density at radius 3 is 2.58 bits per heavy atom. The molecular weight excluding hydrogens is 409 g/mol. The van der Waals surface area contributed by atoms with Crippen molar-refractivity contribution in [2.45, 2.75) is 19.5 Å². The average molecular weight is 428 g/mol. The lowest BCUT2D eigenvalue weighted by Crippen LogP contribution is -2.15. The van der Waals surface area contributed by atoms with Crippen LogP contribution in [0.2, 0.25) is 0 Å². The number of aryl methyl sites for hydroxylation is 1. The highest BCUT2D eigenvalue weighted by Gasteiger charge is 2.39. The molecule has 4 rings (SSSR count). The number of aromatic nitrogens is 4. The Labute approximate surface area is 176 Å². The molecular formula is C21H19F3N6O. The minimum atomic E-state index is -4.56. The SMILES string of the molecule is CNc1ncc(C#Cc2cn(C)c(C(F)(F)F)n2)c2cc(NC(=O)[C@H]3C[C@H]3C)ncc12. The van der Waals surface area contributed by atoms with Gasteiger partial charge in [0.05, 0.1) is 5.56 Å². The Hall–Kier alpha value is -3.61. The fraction of sp³-hybridized carbons (Fsp3) is 0.333. The summed E-state index contributed by atoms with van der Waals surface area (Å²) in [6.45, 7) is 2.01. The number of nitrogens with zero attached hydrogens (tertiary/aromatic N) is 4. The number of imidazole rings is 1. The number of alkyl halides is 3. The number of halogens is 3. The van der Waals surface area contributed by atoms with E-state index in [1.54, 1.807) is 19.3 Å². The van der Waals surface area contributed by atoms with Crippen molar-refractivity contribution in [1.29, 1.82) is 0 Å². The third-order valence-corrected chi connectivity index (χ3v) is 5.16. The van der Waals surface area contributed by atoms with Gasteiger partial charge in [-0.15, -0.1) is 0 Å². The van der Waals surface area contributed by atoms with Crippen LogP contribution in [0.5, 0.6) is 0 Å². The van der Waals surface area contributed by atoms with Gasteiger partial charge in [-0.3, -0.25) is 4.79 Å². The topological polar surface area (TPSA) is 84.7 Å². The number of pyridine rings is 2. The number of hydrogen-bond donors (Lipinski definition) is 2. The predicted molar refractivity (Wildman–Crippen MR) is 109 cm³/mol. The summed E-state index contributed by atoms with van der Waals surface area (Å²) in [4.78, 5) is 24.4. The number of carbonyl (C=O) groups excluding carboxylic acids is 1. The summed E-state index contributed by atoms with van der Waals surface area (Å²) in [6, 6.07) is 1.69. The highest BCUT2D eigenvalue weighted by Crippen LogP contribution is 2.38. The zero-order valence-electron chi connectivity index (χ0n) is 17.0. The summed E-state index contributed by atoms with van der Waals surface area (Å²) >= 11 is 0. The van der Waals surface area contributed by atoms with Crippen LogP contribution in [-0.4, -0.2) is 32.5 Å². The molecule has 10 heteroatoms. The van der Waals surface area contributed by atoms with Crippen LogP contribution >= 0.6 is 0 Å². The van der Waals surface area contributed by atoms with E-state index in [-0.39, 0.29) is 17.5 Å². The van der Waals surface area contributed by atoms with Crippen LogP contribution in [0.15, 0.2) is 24.7 Å². The molecule has 0 spiro atoms. The van der Waals surface area contributed by atoms with Crippen molar-refractivity contribution in [2.24, 2.45) is 18.9 Å². The van der Waals surface area contributed by atoms with Gasteiger partial charge in [0.1, 0.15) is 17.3 Å². The van der Waals surface area contributed by atoms with Crippen LogP contribution < -0.4 is 10.6 Å². The Balaban J connectivity index is 1.71. The van der Waals surface area contributed by atoms with E-state index in [0.717, 1.165) is 11.0 Å². The molecule has 1 amide bonds. The van der Waals surface area contributed by atoms with Gasteiger partial charge in [-0.1, -0.05) is 12.8 Å². The van der Waals surface area contributed by atoms with Gasteiger partial charge in [-0.2, -0.15) is 13.2 Å². The van der Waals surface area contributed by atoms with E-state index in [1.165, 1.54) is 19.4 Å². The second-order valence-corrected chi connectivity index (χ2v) is 7.50. The largest absolute Gasteiger partial charge is 0.449 e. The van der Waals surface area contributed by atoms with Crippen molar-refractivity contribution in [3.63, 3.8) is 0 Å². The smallest absolute Gasteiger partial charge is 0.373 e. The third-order valence-electron chi connectivity index (χ3n) is 5.16. The maximum absolute atomic E-state index is 13.0. The number of rotatable bonds is 3. The summed E-state index contributed by atoms with van der Waals surface area (Å²) in [5.74, 6) is 5.72. The highest BCUT2D eigenvalue weighted by molar-refractivity contribution is 5.99. The lowest BCUT2D eigenvalue weighted by Gasteiger charge is -2.09. The summed E-state index contributed by atoms with van der Waals surface area (Å²) in [5, 5.41) is 7.11. The molecule has 3 aromatic rings. The molecule has 1 aliphatic carbocycles. The molecule has 31 heavy (non-hydrogen) atoms.